The topological polar surface area (TPSA) is 25.2 Å². The van der Waals surface area contributed by atoms with Gasteiger partial charge in [-0.3, -0.25) is 0 Å². The van der Waals surface area contributed by atoms with Crippen molar-refractivity contribution in [1.82, 2.24) is 5.32 Å². The van der Waals surface area contributed by atoms with E-state index in [4.69, 9.17) is 16.0 Å². The summed E-state index contributed by atoms with van der Waals surface area (Å²) in [7, 11) is 0. The minimum atomic E-state index is -0.620. The van der Waals surface area contributed by atoms with Crippen LogP contribution in [0.15, 0.2) is 34.9 Å². The summed E-state index contributed by atoms with van der Waals surface area (Å²) < 4.78 is 32.9. The monoisotopic (exact) mass is 299 g/mol. The summed E-state index contributed by atoms with van der Waals surface area (Å²) in [5, 5.41) is 2.99. The van der Waals surface area contributed by atoms with Gasteiger partial charge in [0.15, 0.2) is 0 Å². The van der Waals surface area contributed by atoms with Crippen molar-refractivity contribution in [1.29, 1.82) is 0 Å². The third-order valence-corrected chi connectivity index (χ3v) is 3.33. The van der Waals surface area contributed by atoms with Crippen molar-refractivity contribution in [3.8, 4) is 0 Å². The molecule has 0 saturated heterocycles. The van der Waals surface area contributed by atoms with Crippen LogP contribution in [0.5, 0.6) is 0 Å². The molecule has 1 heterocycles. The Hall–Kier alpha value is -1.39. The molecule has 1 atom stereocenters. The molecule has 2 rings (SSSR count). The van der Waals surface area contributed by atoms with Crippen molar-refractivity contribution < 1.29 is 13.2 Å². The summed E-state index contributed by atoms with van der Waals surface area (Å²) in [5.41, 5.74) is 0.261. The second-order valence-electron chi connectivity index (χ2n) is 4.58. The van der Waals surface area contributed by atoms with Crippen LogP contribution >= 0.6 is 11.6 Å². The Labute approximate surface area is 121 Å². The molecule has 0 fully saturated rings. The fourth-order valence-corrected chi connectivity index (χ4v) is 2.20. The summed E-state index contributed by atoms with van der Waals surface area (Å²) in [6, 6.07) is 5.38. The van der Waals surface area contributed by atoms with E-state index in [0.717, 1.165) is 18.6 Å². The lowest BCUT2D eigenvalue weighted by Gasteiger charge is -2.19. The summed E-state index contributed by atoms with van der Waals surface area (Å²) in [4.78, 5) is 0. The molecule has 1 N–H and O–H groups in total. The zero-order chi connectivity index (χ0) is 14.5. The Balaban J connectivity index is 2.27. The van der Waals surface area contributed by atoms with Gasteiger partial charge in [0.25, 0.3) is 0 Å². The van der Waals surface area contributed by atoms with Crippen LogP contribution < -0.4 is 5.32 Å². The van der Waals surface area contributed by atoms with Crippen LogP contribution in [0.1, 0.15) is 30.7 Å². The van der Waals surface area contributed by atoms with E-state index in [1.807, 2.05) is 13.0 Å². The summed E-state index contributed by atoms with van der Waals surface area (Å²) in [5.74, 6) is -0.421. The number of hydrogen-bond donors (Lipinski definition) is 1. The van der Waals surface area contributed by atoms with Crippen molar-refractivity contribution in [3.05, 3.63) is 58.5 Å². The Morgan fingerprint density at radius 3 is 2.75 bits per heavy atom. The number of benzene rings is 1. The Morgan fingerprint density at radius 2 is 2.10 bits per heavy atom. The van der Waals surface area contributed by atoms with Crippen LogP contribution in [-0.2, 0) is 6.42 Å². The molecule has 0 spiro atoms. The van der Waals surface area contributed by atoms with Crippen LogP contribution in [0, 0.1) is 11.6 Å². The van der Waals surface area contributed by atoms with E-state index in [0.29, 0.717) is 18.7 Å². The minimum Gasteiger partial charge on any atom is -0.469 e. The van der Waals surface area contributed by atoms with Crippen molar-refractivity contribution in [3.63, 3.8) is 0 Å². The van der Waals surface area contributed by atoms with Crippen molar-refractivity contribution >= 4 is 11.6 Å². The van der Waals surface area contributed by atoms with Gasteiger partial charge in [-0.2, -0.15) is 0 Å². The van der Waals surface area contributed by atoms with Gasteiger partial charge in [0.1, 0.15) is 17.4 Å². The molecule has 0 saturated carbocycles. The Morgan fingerprint density at radius 1 is 1.30 bits per heavy atom. The molecule has 0 bridgehead atoms. The number of nitrogens with one attached hydrogen (secondary N) is 1. The molecule has 0 aliphatic rings. The lowest BCUT2D eigenvalue weighted by atomic mass is 10.0. The van der Waals surface area contributed by atoms with E-state index < -0.39 is 11.6 Å². The zero-order valence-corrected chi connectivity index (χ0v) is 11.9. The number of furan rings is 1. The van der Waals surface area contributed by atoms with E-state index in [1.165, 1.54) is 0 Å². The first-order chi connectivity index (χ1) is 9.61. The van der Waals surface area contributed by atoms with Gasteiger partial charge >= 0.3 is 0 Å². The van der Waals surface area contributed by atoms with E-state index in [1.54, 1.807) is 12.3 Å². The highest BCUT2D eigenvalue weighted by Gasteiger charge is 2.19. The maximum Gasteiger partial charge on any atom is 0.142 e. The van der Waals surface area contributed by atoms with Crippen LogP contribution in [0.4, 0.5) is 8.78 Å². The van der Waals surface area contributed by atoms with Gasteiger partial charge in [0, 0.05) is 18.0 Å². The number of rotatable bonds is 6. The quantitative estimate of drug-likeness (QED) is 0.795. The highest BCUT2D eigenvalue weighted by atomic mass is 35.5. The van der Waals surface area contributed by atoms with Crippen molar-refractivity contribution in [2.24, 2.45) is 0 Å². The summed E-state index contributed by atoms with van der Waals surface area (Å²) in [6.45, 7) is 2.71. The lowest BCUT2D eigenvalue weighted by Crippen LogP contribution is -2.25. The highest BCUT2D eigenvalue weighted by molar-refractivity contribution is 6.30. The fraction of sp³-hybridized carbons (Fsp3) is 0.333. The molecule has 108 valence electrons. The van der Waals surface area contributed by atoms with Crippen LogP contribution in [0.2, 0.25) is 5.02 Å². The maximum atomic E-state index is 14.0. The molecule has 0 aliphatic heterocycles. The first-order valence-corrected chi connectivity index (χ1v) is 6.89. The van der Waals surface area contributed by atoms with Gasteiger partial charge in [-0.05, 0) is 37.2 Å². The van der Waals surface area contributed by atoms with Crippen LogP contribution in [0.25, 0.3) is 0 Å². The number of hydrogen-bond acceptors (Lipinski definition) is 2. The smallest absolute Gasteiger partial charge is 0.142 e. The fourth-order valence-electron chi connectivity index (χ4n) is 2.05. The normalized spacial score (nSPS) is 12.6. The van der Waals surface area contributed by atoms with Gasteiger partial charge in [-0.25, -0.2) is 8.78 Å². The van der Waals surface area contributed by atoms with E-state index >= 15 is 0 Å². The second kappa shape index (κ2) is 6.86. The third-order valence-electron chi connectivity index (χ3n) is 3.04. The summed E-state index contributed by atoms with van der Waals surface area (Å²) >= 11 is 5.58. The molecule has 20 heavy (non-hydrogen) atoms. The molecule has 0 radical (unpaired) electrons. The molecular formula is C15H16ClF2NO. The average Bonchev–Trinajstić information content (AvgIpc) is 2.92. The summed E-state index contributed by atoms with van der Waals surface area (Å²) in [6.07, 6.45) is 2.91. The molecule has 0 amide bonds. The van der Waals surface area contributed by atoms with E-state index in [9.17, 15) is 8.78 Å². The van der Waals surface area contributed by atoms with Crippen molar-refractivity contribution in [2.75, 3.05) is 6.54 Å². The largest absolute Gasteiger partial charge is 0.469 e. The van der Waals surface area contributed by atoms with Crippen LogP contribution in [-0.4, -0.2) is 6.54 Å². The van der Waals surface area contributed by atoms with Gasteiger partial charge in [0.05, 0.1) is 11.3 Å². The van der Waals surface area contributed by atoms with E-state index in [-0.39, 0.29) is 16.6 Å². The minimum absolute atomic E-state index is 0.210. The Bertz CT molecular complexity index is 557. The van der Waals surface area contributed by atoms with Crippen LogP contribution in [0.3, 0.4) is 0 Å². The molecule has 1 aromatic heterocycles. The maximum absolute atomic E-state index is 14.0. The first-order valence-electron chi connectivity index (χ1n) is 6.52. The molecule has 2 aromatic rings. The third kappa shape index (κ3) is 3.58. The SMILES string of the molecule is CCCNC(Cc1ccco1)c1cc(F)c(Cl)cc1F. The lowest BCUT2D eigenvalue weighted by molar-refractivity contribution is 0.436. The average molecular weight is 300 g/mol. The predicted molar refractivity (Wildman–Crippen MR) is 74.8 cm³/mol. The highest BCUT2D eigenvalue weighted by Crippen LogP contribution is 2.26. The molecule has 5 heteroatoms. The number of halogens is 3. The van der Waals surface area contributed by atoms with E-state index in [2.05, 4.69) is 5.32 Å². The van der Waals surface area contributed by atoms with Gasteiger partial charge in [0.2, 0.25) is 0 Å². The molecule has 1 unspecified atom stereocenters. The van der Waals surface area contributed by atoms with Gasteiger partial charge < -0.3 is 9.73 Å². The molecular weight excluding hydrogens is 284 g/mol. The van der Waals surface area contributed by atoms with Gasteiger partial charge in [-0.15, -0.1) is 0 Å². The Kier molecular flexibility index (Phi) is 5.15. The zero-order valence-electron chi connectivity index (χ0n) is 11.1. The molecule has 2 nitrogen and oxygen atoms in total. The molecule has 0 aliphatic carbocycles. The molecule has 1 aromatic carbocycles. The predicted octanol–water partition coefficient (Wildman–Crippen LogP) is 4.49. The first kappa shape index (κ1) is 15.0. The standard InChI is InChI=1S/C15H16ClF2NO/c1-2-5-19-15(7-10-4-3-6-20-10)11-8-14(18)12(16)9-13(11)17/h3-4,6,8-9,15,19H,2,5,7H2,1H3. The van der Waals surface area contributed by atoms with Crippen molar-refractivity contribution in [2.45, 2.75) is 25.8 Å². The second-order valence-corrected chi connectivity index (χ2v) is 4.99. The van der Waals surface area contributed by atoms with Gasteiger partial charge in [-0.1, -0.05) is 18.5 Å².